The van der Waals surface area contributed by atoms with Gasteiger partial charge in [-0.1, -0.05) is 0 Å². The molecular weight excluding hydrogens is 403 g/mol. The first-order chi connectivity index (χ1) is 14.2. The average Bonchev–Trinajstić information content (AvgIpc) is 2.71. The SMILES string of the molecule is CC(C)(C)OC(=O)N1CCC(CCN2CCN(c3ccc(SN)c(F)c3)CC2)CC1. The van der Waals surface area contributed by atoms with Gasteiger partial charge in [0.15, 0.2) is 0 Å². The lowest BCUT2D eigenvalue weighted by molar-refractivity contribution is 0.0177. The monoisotopic (exact) mass is 438 g/mol. The number of piperidine rings is 1. The van der Waals surface area contributed by atoms with Crippen molar-refractivity contribution < 1.29 is 13.9 Å². The van der Waals surface area contributed by atoms with E-state index >= 15 is 0 Å². The molecule has 0 unspecified atom stereocenters. The number of benzene rings is 1. The Kier molecular flexibility index (Phi) is 7.87. The van der Waals surface area contributed by atoms with Crippen molar-refractivity contribution in [2.75, 3.05) is 50.7 Å². The Labute approximate surface area is 184 Å². The van der Waals surface area contributed by atoms with Gasteiger partial charge in [-0.25, -0.2) is 9.18 Å². The van der Waals surface area contributed by atoms with Gasteiger partial charge >= 0.3 is 6.09 Å². The Morgan fingerprint density at radius 3 is 2.40 bits per heavy atom. The fourth-order valence-electron chi connectivity index (χ4n) is 4.11. The summed E-state index contributed by atoms with van der Waals surface area (Å²) in [6.07, 6.45) is 3.07. The zero-order valence-corrected chi connectivity index (χ0v) is 19.2. The molecule has 1 amide bonds. The van der Waals surface area contributed by atoms with Gasteiger partial charge in [0.05, 0.1) is 4.90 Å². The lowest BCUT2D eigenvalue weighted by atomic mass is 9.93. The van der Waals surface area contributed by atoms with Crippen LogP contribution in [0.4, 0.5) is 14.9 Å². The van der Waals surface area contributed by atoms with E-state index in [1.54, 1.807) is 12.1 Å². The average molecular weight is 439 g/mol. The van der Waals surface area contributed by atoms with Gasteiger partial charge < -0.3 is 14.5 Å². The quantitative estimate of drug-likeness (QED) is 0.703. The van der Waals surface area contributed by atoms with E-state index in [-0.39, 0.29) is 11.9 Å². The van der Waals surface area contributed by atoms with E-state index in [0.29, 0.717) is 10.8 Å². The summed E-state index contributed by atoms with van der Waals surface area (Å²) in [5, 5.41) is 5.47. The summed E-state index contributed by atoms with van der Waals surface area (Å²) in [7, 11) is 0. The maximum atomic E-state index is 14.0. The summed E-state index contributed by atoms with van der Waals surface area (Å²) >= 11 is 0.945. The van der Waals surface area contributed by atoms with Gasteiger partial charge in [0.1, 0.15) is 11.4 Å². The molecule has 0 bridgehead atoms. The zero-order valence-electron chi connectivity index (χ0n) is 18.4. The van der Waals surface area contributed by atoms with E-state index in [4.69, 9.17) is 9.88 Å². The van der Waals surface area contributed by atoms with Crippen molar-refractivity contribution in [1.29, 1.82) is 0 Å². The Morgan fingerprint density at radius 1 is 1.17 bits per heavy atom. The highest BCUT2D eigenvalue weighted by atomic mass is 32.2. The van der Waals surface area contributed by atoms with Gasteiger partial charge in [0.2, 0.25) is 0 Å². The predicted octanol–water partition coefficient (Wildman–Crippen LogP) is 3.95. The molecule has 3 rings (SSSR count). The minimum absolute atomic E-state index is 0.188. The van der Waals surface area contributed by atoms with Crippen molar-refractivity contribution in [3.63, 3.8) is 0 Å². The first kappa shape index (κ1) is 23.2. The summed E-state index contributed by atoms with van der Waals surface area (Å²) in [6.45, 7) is 12.2. The van der Waals surface area contributed by atoms with Crippen molar-refractivity contribution >= 4 is 23.7 Å². The first-order valence-electron chi connectivity index (χ1n) is 10.9. The lowest BCUT2D eigenvalue weighted by Gasteiger charge is -2.38. The maximum absolute atomic E-state index is 14.0. The van der Waals surface area contributed by atoms with Gasteiger partial charge in [0.25, 0.3) is 0 Å². The van der Waals surface area contributed by atoms with Crippen LogP contribution in [0.2, 0.25) is 0 Å². The molecule has 2 heterocycles. The summed E-state index contributed by atoms with van der Waals surface area (Å²) < 4.78 is 19.5. The molecule has 30 heavy (non-hydrogen) atoms. The topological polar surface area (TPSA) is 62.0 Å². The third kappa shape index (κ3) is 6.49. The molecule has 8 heteroatoms. The lowest BCUT2D eigenvalue weighted by Crippen LogP contribution is -2.47. The van der Waals surface area contributed by atoms with E-state index in [1.165, 1.54) is 6.42 Å². The highest BCUT2D eigenvalue weighted by Crippen LogP contribution is 2.25. The second-order valence-corrected chi connectivity index (χ2v) is 9.94. The Hall–Kier alpha value is -1.51. The number of amides is 1. The third-order valence-electron chi connectivity index (χ3n) is 5.90. The minimum atomic E-state index is -0.437. The van der Waals surface area contributed by atoms with Crippen LogP contribution in [0, 0.1) is 11.7 Å². The first-order valence-corrected chi connectivity index (χ1v) is 11.7. The third-order valence-corrected chi connectivity index (χ3v) is 6.48. The van der Waals surface area contributed by atoms with E-state index in [0.717, 1.165) is 76.3 Å². The molecule has 0 saturated carbocycles. The smallest absolute Gasteiger partial charge is 0.410 e. The molecule has 1 aromatic rings. The number of piperazine rings is 1. The van der Waals surface area contributed by atoms with Crippen LogP contribution in [0.3, 0.4) is 0 Å². The molecule has 2 saturated heterocycles. The highest BCUT2D eigenvalue weighted by molar-refractivity contribution is 7.97. The molecule has 0 aliphatic carbocycles. The Balaban J connectivity index is 1.36. The molecule has 1 aromatic carbocycles. The summed E-state index contributed by atoms with van der Waals surface area (Å²) in [4.78, 5) is 19.3. The standard InChI is InChI=1S/C22H35FN4O2S/c1-22(2,3)29-21(28)27-10-7-17(8-11-27)6-9-25-12-14-26(15-13-25)18-4-5-20(30-24)19(23)16-18/h4-5,16-17H,6-15,24H2,1-3H3. The van der Waals surface area contributed by atoms with Crippen LogP contribution in [-0.2, 0) is 4.74 Å². The van der Waals surface area contributed by atoms with Crippen molar-refractivity contribution in [2.24, 2.45) is 11.1 Å². The van der Waals surface area contributed by atoms with Gasteiger partial charge in [-0.05, 0) is 82.6 Å². The van der Waals surface area contributed by atoms with E-state index in [2.05, 4.69) is 9.80 Å². The number of carbonyl (C=O) groups excluding carboxylic acids is 1. The predicted molar refractivity (Wildman–Crippen MR) is 120 cm³/mol. The number of carbonyl (C=O) groups is 1. The van der Waals surface area contributed by atoms with E-state index in [9.17, 15) is 9.18 Å². The van der Waals surface area contributed by atoms with Gasteiger partial charge in [0, 0.05) is 45.0 Å². The number of ether oxygens (including phenoxy) is 1. The van der Waals surface area contributed by atoms with Crippen molar-refractivity contribution in [3.8, 4) is 0 Å². The minimum Gasteiger partial charge on any atom is -0.444 e. The van der Waals surface area contributed by atoms with Crippen LogP contribution in [-0.4, -0.2) is 67.3 Å². The molecule has 0 atom stereocenters. The summed E-state index contributed by atoms with van der Waals surface area (Å²) in [5.74, 6) is 0.414. The fourth-order valence-corrected chi connectivity index (χ4v) is 4.43. The number of anilines is 1. The number of hydrogen-bond donors (Lipinski definition) is 1. The molecule has 0 radical (unpaired) electrons. The van der Waals surface area contributed by atoms with Crippen LogP contribution in [0.15, 0.2) is 23.1 Å². The van der Waals surface area contributed by atoms with Crippen molar-refractivity contribution in [3.05, 3.63) is 24.0 Å². The zero-order chi connectivity index (χ0) is 21.7. The van der Waals surface area contributed by atoms with Crippen LogP contribution >= 0.6 is 11.9 Å². The fraction of sp³-hybridized carbons (Fsp3) is 0.682. The molecule has 2 aliphatic rings. The van der Waals surface area contributed by atoms with Crippen LogP contribution in [0.5, 0.6) is 0 Å². The second kappa shape index (κ2) is 10.2. The van der Waals surface area contributed by atoms with Gasteiger partial charge in [-0.3, -0.25) is 10.0 Å². The molecule has 0 spiro atoms. The van der Waals surface area contributed by atoms with Crippen LogP contribution in [0.25, 0.3) is 0 Å². The van der Waals surface area contributed by atoms with E-state index in [1.807, 2.05) is 31.7 Å². The largest absolute Gasteiger partial charge is 0.444 e. The summed E-state index contributed by atoms with van der Waals surface area (Å²) in [5.41, 5.74) is 0.493. The summed E-state index contributed by atoms with van der Waals surface area (Å²) in [6, 6.07) is 5.29. The van der Waals surface area contributed by atoms with Gasteiger partial charge in [-0.15, -0.1) is 0 Å². The Bertz CT molecular complexity index is 712. The van der Waals surface area contributed by atoms with Crippen molar-refractivity contribution in [1.82, 2.24) is 9.80 Å². The molecule has 168 valence electrons. The molecule has 2 N–H and O–H groups in total. The Morgan fingerprint density at radius 2 is 1.83 bits per heavy atom. The number of rotatable bonds is 5. The molecule has 2 fully saturated rings. The number of nitrogens with zero attached hydrogens (tertiary/aromatic N) is 3. The molecule has 6 nitrogen and oxygen atoms in total. The highest BCUT2D eigenvalue weighted by Gasteiger charge is 2.27. The number of halogens is 1. The number of likely N-dealkylation sites (tertiary alicyclic amines) is 1. The molecular formula is C22H35FN4O2S. The van der Waals surface area contributed by atoms with Crippen molar-refractivity contribution in [2.45, 2.75) is 50.5 Å². The number of nitrogens with two attached hydrogens (primary N) is 1. The van der Waals surface area contributed by atoms with Gasteiger partial charge in [-0.2, -0.15) is 0 Å². The number of hydrogen-bond acceptors (Lipinski definition) is 6. The molecule has 2 aliphatic heterocycles. The molecule has 0 aromatic heterocycles. The second-order valence-electron chi connectivity index (χ2n) is 9.26. The normalized spacial score (nSPS) is 19.2. The van der Waals surface area contributed by atoms with Crippen LogP contribution < -0.4 is 10.0 Å². The van der Waals surface area contributed by atoms with Crippen LogP contribution in [0.1, 0.15) is 40.0 Å². The van der Waals surface area contributed by atoms with E-state index < -0.39 is 5.60 Å². The maximum Gasteiger partial charge on any atom is 0.410 e.